The van der Waals surface area contributed by atoms with E-state index < -0.39 is 11.8 Å². The molecule has 2 aromatic heterocycles. The molecule has 2 aromatic rings. The lowest BCUT2D eigenvalue weighted by atomic mass is 10.2. The fourth-order valence-corrected chi connectivity index (χ4v) is 2.44. The standard InChI is InChI=1S/C15H15N5O2S/c1-10(6-7-16)20(2)14(22)13(21)19-15-18-12(9-23-15)11-5-3-4-8-17-11/h3-5,8-10H,6H2,1-2H3,(H,18,19,21)/t10-/m0/s1. The highest BCUT2D eigenvalue weighted by Crippen LogP contribution is 2.23. The number of likely N-dealkylation sites (N-methyl/N-ethyl adjacent to an activating group) is 1. The van der Waals surface area contributed by atoms with Crippen molar-refractivity contribution < 1.29 is 9.59 Å². The van der Waals surface area contributed by atoms with E-state index in [-0.39, 0.29) is 12.5 Å². The van der Waals surface area contributed by atoms with E-state index in [1.54, 1.807) is 24.6 Å². The van der Waals surface area contributed by atoms with Crippen LogP contribution in [-0.4, -0.2) is 39.8 Å². The van der Waals surface area contributed by atoms with Crippen LogP contribution in [0.2, 0.25) is 0 Å². The quantitative estimate of drug-likeness (QED) is 0.864. The number of nitriles is 1. The van der Waals surface area contributed by atoms with E-state index in [9.17, 15) is 9.59 Å². The Kier molecular flexibility index (Phi) is 5.38. The molecule has 1 atom stereocenters. The van der Waals surface area contributed by atoms with E-state index in [0.29, 0.717) is 16.5 Å². The summed E-state index contributed by atoms with van der Waals surface area (Å²) in [6.07, 6.45) is 1.82. The highest BCUT2D eigenvalue weighted by Gasteiger charge is 2.23. The first-order valence-corrected chi connectivity index (χ1v) is 7.73. The van der Waals surface area contributed by atoms with E-state index in [0.717, 1.165) is 0 Å². The maximum atomic E-state index is 12.0. The van der Waals surface area contributed by atoms with Crippen molar-refractivity contribution in [2.24, 2.45) is 0 Å². The van der Waals surface area contributed by atoms with Crippen molar-refractivity contribution in [1.82, 2.24) is 14.9 Å². The molecule has 2 amide bonds. The number of hydrogen-bond donors (Lipinski definition) is 1. The van der Waals surface area contributed by atoms with Gasteiger partial charge < -0.3 is 4.90 Å². The fraction of sp³-hybridized carbons (Fsp3) is 0.267. The molecule has 118 valence electrons. The van der Waals surface area contributed by atoms with Crippen molar-refractivity contribution in [3.63, 3.8) is 0 Å². The molecule has 23 heavy (non-hydrogen) atoms. The Morgan fingerprint density at radius 2 is 2.22 bits per heavy atom. The van der Waals surface area contributed by atoms with Gasteiger partial charge in [0.25, 0.3) is 0 Å². The molecule has 8 heteroatoms. The predicted octanol–water partition coefficient (Wildman–Crippen LogP) is 1.90. The van der Waals surface area contributed by atoms with E-state index in [1.165, 1.54) is 23.3 Å². The van der Waals surface area contributed by atoms with Gasteiger partial charge >= 0.3 is 11.8 Å². The number of anilines is 1. The van der Waals surface area contributed by atoms with Gasteiger partial charge in [0.15, 0.2) is 5.13 Å². The Bertz CT molecular complexity index is 738. The molecule has 0 saturated heterocycles. The Labute approximate surface area is 137 Å². The van der Waals surface area contributed by atoms with E-state index >= 15 is 0 Å². The van der Waals surface area contributed by atoms with E-state index in [2.05, 4.69) is 15.3 Å². The summed E-state index contributed by atoms with van der Waals surface area (Å²) in [4.78, 5) is 33.6. The van der Waals surface area contributed by atoms with Crippen LogP contribution >= 0.6 is 11.3 Å². The van der Waals surface area contributed by atoms with Gasteiger partial charge in [0.05, 0.1) is 18.2 Å². The van der Waals surface area contributed by atoms with Gasteiger partial charge in [-0.15, -0.1) is 11.3 Å². The number of thiazole rings is 1. The second-order valence-corrected chi connectivity index (χ2v) is 5.69. The Morgan fingerprint density at radius 3 is 2.87 bits per heavy atom. The largest absolute Gasteiger partial charge is 0.334 e. The molecule has 0 aliphatic heterocycles. The van der Waals surface area contributed by atoms with Crippen LogP contribution in [0, 0.1) is 11.3 Å². The summed E-state index contributed by atoms with van der Waals surface area (Å²) < 4.78 is 0. The second kappa shape index (κ2) is 7.47. The van der Waals surface area contributed by atoms with Gasteiger partial charge in [-0.05, 0) is 19.1 Å². The van der Waals surface area contributed by atoms with Crippen molar-refractivity contribution in [1.29, 1.82) is 5.26 Å². The number of rotatable bonds is 4. The molecular weight excluding hydrogens is 314 g/mol. The van der Waals surface area contributed by atoms with Gasteiger partial charge in [0.2, 0.25) is 0 Å². The number of nitrogens with zero attached hydrogens (tertiary/aromatic N) is 4. The first-order chi connectivity index (χ1) is 11.0. The third-order valence-electron chi connectivity index (χ3n) is 3.21. The molecule has 2 heterocycles. The average molecular weight is 329 g/mol. The maximum absolute atomic E-state index is 12.0. The molecule has 2 rings (SSSR count). The summed E-state index contributed by atoms with van der Waals surface area (Å²) in [6.45, 7) is 1.71. The molecule has 0 saturated carbocycles. The highest BCUT2D eigenvalue weighted by molar-refractivity contribution is 7.14. The molecule has 1 N–H and O–H groups in total. The summed E-state index contributed by atoms with van der Waals surface area (Å²) >= 11 is 1.21. The van der Waals surface area contributed by atoms with Crippen molar-refractivity contribution in [3.05, 3.63) is 29.8 Å². The number of aromatic nitrogens is 2. The molecule has 0 bridgehead atoms. The van der Waals surface area contributed by atoms with Crippen LogP contribution < -0.4 is 5.32 Å². The van der Waals surface area contributed by atoms with Crippen LogP contribution in [0.5, 0.6) is 0 Å². The molecule has 7 nitrogen and oxygen atoms in total. The second-order valence-electron chi connectivity index (χ2n) is 4.83. The lowest BCUT2D eigenvalue weighted by Crippen LogP contribution is -2.42. The average Bonchev–Trinajstić information content (AvgIpc) is 3.03. The van der Waals surface area contributed by atoms with Crippen molar-refractivity contribution >= 4 is 28.3 Å². The first kappa shape index (κ1) is 16.6. The zero-order valence-electron chi connectivity index (χ0n) is 12.7. The summed E-state index contributed by atoms with van der Waals surface area (Å²) in [6, 6.07) is 7.09. The first-order valence-electron chi connectivity index (χ1n) is 6.85. The Morgan fingerprint density at radius 1 is 1.43 bits per heavy atom. The minimum absolute atomic E-state index is 0.163. The molecular formula is C15H15N5O2S. The molecule has 0 unspecified atom stereocenters. The SMILES string of the molecule is C[C@@H](CC#N)N(C)C(=O)C(=O)Nc1nc(-c2ccccn2)cs1. The lowest BCUT2D eigenvalue weighted by Gasteiger charge is -2.21. The van der Waals surface area contributed by atoms with Gasteiger partial charge in [0.1, 0.15) is 5.69 Å². The van der Waals surface area contributed by atoms with Gasteiger partial charge in [-0.25, -0.2) is 4.98 Å². The zero-order chi connectivity index (χ0) is 16.8. The van der Waals surface area contributed by atoms with E-state index in [1.807, 2.05) is 18.2 Å². The van der Waals surface area contributed by atoms with Crippen LogP contribution in [0.25, 0.3) is 11.4 Å². The zero-order valence-corrected chi connectivity index (χ0v) is 13.5. The van der Waals surface area contributed by atoms with Crippen LogP contribution in [0.4, 0.5) is 5.13 Å². The molecule has 0 aliphatic carbocycles. The normalized spacial score (nSPS) is 11.3. The molecule has 0 fully saturated rings. The predicted molar refractivity (Wildman–Crippen MR) is 86.4 cm³/mol. The van der Waals surface area contributed by atoms with Crippen molar-refractivity contribution in [2.75, 3.05) is 12.4 Å². The highest BCUT2D eigenvalue weighted by atomic mass is 32.1. The Balaban J connectivity index is 2.02. The van der Waals surface area contributed by atoms with Crippen LogP contribution in [-0.2, 0) is 9.59 Å². The smallest absolute Gasteiger partial charge is 0.315 e. The monoisotopic (exact) mass is 329 g/mol. The molecule has 0 aliphatic rings. The van der Waals surface area contributed by atoms with Crippen LogP contribution in [0.1, 0.15) is 13.3 Å². The number of pyridine rings is 1. The fourth-order valence-electron chi connectivity index (χ4n) is 1.74. The minimum Gasteiger partial charge on any atom is -0.334 e. The number of nitrogens with one attached hydrogen (secondary N) is 1. The van der Waals surface area contributed by atoms with Crippen molar-refractivity contribution in [3.8, 4) is 17.5 Å². The third kappa shape index (κ3) is 4.11. The van der Waals surface area contributed by atoms with Gasteiger partial charge in [-0.1, -0.05) is 6.07 Å². The summed E-state index contributed by atoms with van der Waals surface area (Å²) in [5.41, 5.74) is 1.32. The lowest BCUT2D eigenvalue weighted by molar-refractivity contribution is -0.143. The third-order valence-corrected chi connectivity index (χ3v) is 3.97. The number of amides is 2. The Hall–Kier alpha value is -2.79. The van der Waals surface area contributed by atoms with Gasteiger partial charge in [-0.2, -0.15) is 5.26 Å². The number of carbonyl (C=O) groups is 2. The van der Waals surface area contributed by atoms with E-state index in [4.69, 9.17) is 5.26 Å². The molecule has 0 radical (unpaired) electrons. The minimum atomic E-state index is -0.779. The topological polar surface area (TPSA) is 99.0 Å². The van der Waals surface area contributed by atoms with Crippen LogP contribution in [0.3, 0.4) is 0 Å². The van der Waals surface area contributed by atoms with Crippen molar-refractivity contribution in [2.45, 2.75) is 19.4 Å². The number of carbonyl (C=O) groups excluding carboxylic acids is 2. The molecule has 0 spiro atoms. The van der Waals surface area contributed by atoms with Crippen LogP contribution in [0.15, 0.2) is 29.8 Å². The van der Waals surface area contributed by atoms with Gasteiger partial charge in [0, 0.05) is 24.7 Å². The molecule has 0 aromatic carbocycles. The van der Waals surface area contributed by atoms with Gasteiger partial charge in [-0.3, -0.25) is 19.9 Å². The maximum Gasteiger partial charge on any atom is 0.315 e. The number of hydrogen-bond acceptors (Lipinski definition) is 6. The summed E-state index contributed by atoms with van der Waals surface area (Å²) in [5.74, 6) is -1.48. The summed E-state index contributed by atoms with van der Waals surface area (Å²) in [5, 5.41) is 13.2. The summed E-state index contributed by atoms with van der Waals surface area (Å²) in [7, 11) is 1.49.